The third kappa shape index (κ3) is 8.81. The Bertz CT molecular complexity index is 724. The largest absolute Gasteiger partial charge is 0.492 e. The first-order valence-corrected chi connectivity index (χ1v) is 9.39. The van der Waals surface area contributed by atoms with Crippen LogP contribution >= 0.6 is 24.2 Å². The summed E-state index contributed by atoms with van der Waals surface area (Å²) in [5.41, 5.74) is 7.94. The lowest BCUT2D eigenvalue weighted by atomic mass is 10.2. The van der Waals surface area contributed by atoms with Crippen LogP contribution in [0.25, 0.3) is 0 Å². The van der Waals surface area contributed by atoms with Crippen LogP contribution in [0.3, 0.4) is 0 Å². The Morgan fingerprint density at radius 1 is 0.926 bits per heavy atom. The second-order valence-corrected chi connectivity index (χ2v) is 6.60. The Balaban J connectivity index is 0.00000364. The third-order valence-electron chi connectivity index (χ3n) is 3.33. The Labute approximate surface area is 169 Å². The monoisotopic (exact) mass is 409 g/mol. The maximum Gasteiger partial charge on any atom is 0.234 e. The van der Waals surface area contributed by atoms with Gasteiger partial charge in [0.1, 0.15) is 12.4 Å². The fourth-order valence-electron chi connectivity index (χ4n) is 2.08. The van der Waals surface area contributed by atoms with Crippen molar-refractivity contribution in [2.45, 2.75) is 6.92 Å². The second-order valence-electron chi connectivity index (χ2n) is 5.62. The minimum atomic E-state index is -0.159. The molecule has 0 unspecified atom stereocenters. The van der Waals surface area contributed by atoms with Crippen LogP contribution in [0.5, 0.6) is 5.75 Å². The zero-order valence-corrected chi connectivity index (χ0v) is 16.7. The van der Waals surface area contributed by atoms with Crippen LogP contribution in [0.4, 0.5) is 11.4 Å². The van der Waals surface area contributed by atoms with Gasteiger partial charge in [0.2, 0.25) is 11.8 Å². The molecule has 0 bridgehead atoms. The minimum absolute atomic E-state index is 0. The molecule has 0 atom stereocenters. The first-order valence-electron chi connectivity index (χ1n) is 8.24. The molecule has 0 heterocycles. The zero-order valence-electron chi connectivity index (χ0n) is 15.1. The number of ether oxygens (including phenoxy) is 1. The summed E-state index contributed by atoms with van der Waals surface area (Å²) in [7, 11) is 0. The zero-order chi connectivity index (χ0) is 18.8. The fourth-order valence-corrected chi connectivity index (χ4v) is 2.70. The molecular weight excluding hydrogens is 386 g/mol. The molecule has 0 aliphatic heterocycles. The lowest BCUT2D eigenvalue weighted by Crippen LogP contribution is -2.18. The van der Waals surface area contributed by atoms with Crippen molar-refractivity contribution in [1.29, 1.82) is 0 Å². The van der Waals surface area contributed by atoms with E-state index in [1.54, 1.807) is 24.3 Å². The molecule has 0 aliphatic carbocycles. The summed E-state index contributed by atoms with van der Waals surface area (Å²) in [6, 6.07) is 14.6. The van der Waals surface area contributed by atoms with Crippen LogP contribution in [0, 0.1) is 6.92 Å². The SMILES string of the molecule is Cc1ccc(NC(=O)CSCC(=O)Nc2ccc(OCCN)cc2)cc1.Cl. The molecule has 27 heavy (non-hydrogen) atoms. The van der Waals surface area contributed by atoms with E-state index in [0.29, 0.717) is 24.6 Å². The summed E-state index contributed by atoms with van der Waals surface area (Å²) >= 11 is 1.26. The number of benzene rings is 2. The Morgan fingerprint density at radius 3 is 1.89 bits per heavy atom. The summed E-state index contributed by atoms with van der Waals surface area (Å²) in [5.74, 6) is 0.831. The first-order chi connectivity index (χ1) is 12.6. The van der Waals surface area contributed by atoms with E-state index in [4.69, 9.17) is 10.5 Å². The molecular formula is C19H24ClN3O3S. The maximum atomic E-state index is 11.9. The Kier molecular flexibility index (Phi) is 10.3. The average molecular weight is 410 g/mol. The normalized spacial score (nSPS) is 9.85. The van der Waals surface area contributed by atoms with Gasteiger partial charge in [0.25, 0.3) is 0 Å². The quantitative estimate of drug-likeness (QED) is 0.591. The van der Waals surface area contributed by atoms with Crippen molar-refractivity contribution >= 4 is 47.4 Å². The molecule has 2 aromatic rings. The third-order valence-corrected chi connectivity index (χ3v) is 4.26. The van der Waals surface area contributed by atoms with E-state index < -0.39 is 0 Å². The van der Waals surface area contributed by atoms with Gasteiger partial charge in [0.15, 0.2) is 0 Å². The average Bonchev–Trinajstić information content (AvgIpc) is 2.63. The van der Waals surface area contributed by atoms with Crippen molar-refractivity contribution in [1.82, 2.24) is 0 Å². The number of anilines is 2. The molecule has 0 fully saturated rings. The van der Waals surface area contributed by atoms with Crippen molar-refractivity contribution in [3.63, 3.8) is 0 Å². The van der Waals surface area contributed by atoms with Gasteiger partial charge in [-0.25, -0.2) is 0 Å². The number of rotatable bonds is 9. The molecule has 0 aromatic heterocycles. The number of hydrogen-bond donors (Lipinski definition) is 3. The van der Waals surface area contributed by atoms with Gasteiger partial charge in [-0.2, -0.15) is 0 Å². The van der Waals surface area contributed by atoms with Crippen molar-refractivity contribution in [2.75, 3.05) is 35.3 Å². The smallest absolute Gasteiger partial charge is 0.234 e. The topological polar surface area (TPSA) is 93.5 Å². The van der Waals surface area contributed by atoms with Gasteiger partial charge >= 0.3 is 0 Å². The van der Waals surface area contributed by atoms with E-state index in [2.05, 4.69) is 10.6 Å². The molecule has 2 aromatic carbocycles. The summed E-state index contributed by atoms with van der Waals surface area (Å²) < 4.78 is 5.38. The van der Waals surface area contributed by atoms with E-state index in [1.165, 1.54) is 11.8 Å². The van der Waals surface area contributed by atoms with Crippen molar-refractivity contribution in [3.05, 3.63) is 54.1 Å². The highest BCUT2D eigenvalue weighted by molar-refractivity contribution is 8.00. The van der Waals surface area contributed by atoms with Crippen LogP contribution in [-0.2, 0) is 9.59 Å². The molecule has 0 saturated carbocycles. The molecule has 2 amide bonds. The number of hydrogen-bond acceptors (Lipinski definition) is 5. The molecule has 6 nitrogen and oxygen atoms in total. The number of carbonyl (C=O) groups excluding carboxylic acids is 2. The molecule has 0 radical (unpaired) electrons. The summed E-state index contributed by atoms with van der Waals surface area (Å²) in [6.07, 6.45) is 0. The lowest BCUT2D eigenvalue weighted by molar-refractivity contribution is -0.114. The van der Waals surface area contributed by atoms with Gasteiger partial charge in [-0.1, -0.05) is 17.7 Å². The van der Waals surface area contributed by atoms with Crippen LogP contribution in [-0.4, -0.2) is 36.5 Å². The number of carbonyl (C=O) groups is 2. The van der Waals surface area contributed by atoms with Gasteiger partial charge < -0.3 is 21.1 Å². The van der Waals surface area contributed by atoms with Crippen molar-refractivity contribution in [2.24, 2.45) is 5.73 Å². The number of halogens is 1. The van der Waals surface area contributed by atoms with E-state index in [9.17, 15) is 9.59 Å². The van der Waals surface area contributed by atoms with E-state index in [1.807, 2.05) is 31.2 Å². The molecule has 0 aliphatic rings. The summed E-state index contributed by atoms with van der Waals surface area (Å²) in [5, 5.41) is 5.58. The highest BCUT2D eigenvalue weighted by atomic mass is 35.5. The molecule has 146 valence electrons. The Hall–Kier alpha value is -2.22. The van der Waals surface area contributed by atoms with Crippen LogP contribution in [0.15, 0.2) is 48.5 Å². The van der Waals surface area contributed by atoms with E-state index in [0.717, 1.165) is 11.3 Å². The maximum absolute atomic E-state index is 11.9. The molecule has 0 spiro atoms. The number of amides is 2. The highest BCUT2D eigenvalue weighted by Crippen LogP contribution is 2.16. The number of thioether (sulfide) groups is 1. The Morgan fingerprint density at radius 2 is 1.41 bits per heavy atom. The number of nitrogens with two attached hydrogens (primary N) is 1. The number of nitrogens with one attached hydrogen (secondary N) is 2. The first kappa shape index (κ1) is 22.8. The summed E-state index contributed by atoms with van der Waals surface area (Å²) in [4.78, 5) is 23.8. The van der Waals surface area contributed by atoms with Gasteiger partial charge in [0, 0.05) is 17.9 Å². The van der Waals surface area contributed by atoms with Crippen molar-refractivity contribution in [3.8, 4) is 5.75 Å². The number of aryl methyl sites for hydroxylation is 1. The lowest BCUT2D eigenvalue weighted by Gasteiger charge is -2.08. The minimum Gasteiger partial charge on any atom is -0.492 e. The van der Waals surface area contributed by atoms with Crippen molar-refractivity contribution < 1.29 is 14.3 Å². The predicted octanol–water partition coefficient (Wildman–Crippen LogP) is 3.06. The molecule has 2 rings (SSSR count). The summed E-state index contributed by atoms with van der Waals surface area (Å²) in [6.45, 7) is 2.89. The predicted molar refractivity (Wildman–Crippen MR) is 114 cm³/mol. The van der Waals surface area contributed by atoms with Gasteiger partial charge in [0.05, 0.1) is 11.5 Å². The molecule has 0 saturated heterocycles. The van der Waals surface area contributed by atoms with E-state index in [-0.39, 0.29) is 35.7 Å². The van der Waals surface area contributed by atoms with Crippen LogP contribution in [0.2, 0.25) is 0 Å². The van der Waals surface area contributed by atoms with Gasteiger partial charge in [-0.05, 0) is 43.3 Å². The molecule has 8 heteroatoms. The van der Waals surface area contributed by atoms with Gasteiger partial charge in [-0.15, -0.1) is 24.2 Å². The van der Waals surface area contributed by atoms with Crippen LogP contribution in [0.1, 0.15) is 5.56 Å². The molecule has 4 N–H and O–H groups in total. The fraction of sp³-hybridized carbons (Fsp3) is 0.263. The standard InChI is InChI=1S/C19H23N3O3S.ClH/c1-14-2-4-15(5-3-14)21-18(23)12-26-13-19(24)22-16-6-8-17(9-7-16)25-11-10-20;/h2-9H,10-13,20H2,1H3,(H,21,23)(H,22,24);1H. The second kappa shape index (κ2) is 12.2. The van der Waals surface area contributed by atoms with Gasteiger partial charge in [-0.3, -0.25) is 9.59 Å². The highest BCUT2D eigenvalue weighted by Gasteiger charge is 2.07. The van der Waals surface area contributed by atoms with Crippen LogP contribution < -0.4 is 21.1 Å². The van der Waals surface area contributed by atoms with E-state index >= 15 is 0 Å².